The molecule has 0 saturated carbocycles. The molecule has 0 bridgehead atoms. The van der Waals surface area contributed by atoms with Gasteiger partial charge in [0.2, 0.25) is 0 Å². The molecule has 1 heterocycles. The minimum Gasteiger partial charge on any atom is -0.368 e. The van der Waals surface area contributed by atoms with E-state index in [1.54, 1.807) is 0 Å². The van der Waals surface area contributed by atoms with Gasteiger partial charge in [0.25, 0.3) is 0 Å². The summed E-state index contributed by atoms with van der Waals surface area (Å²) >= 11 is 5.54. The molecular formula is C7H7ClN4. The lowest BCUT2D eigenvalue weighted by atomic mass is 10.3. The van der Waals surface area contributed by atoms with Crippen molar-refractivity contribution in [2.45, 2.75) is 6.92 Å². The van der Waals surface area contributed by atoms with Crippen molar-refractivity contribution in [2.24, 2.45) is 0 Å². The summed E-state index contributed by atoms with van der Waals surface area (Å²) in [5.41, 5.74) is 0.414. The van der Waals surface area contributed by atoms with E-state index in [0.29, 0.717) is 17.9 Å². The molecule has 0 fully saturated rings. The fraction of sp³-hybridized carbons (Fsp3) is 0.286. The molecule has 1 N–H and O–H groups in total. The van der Waals surface area contributed by atoms with Crippen molar-refractivity contribution in [2.75, 3.05) is 11.9 Å². The van der Waals surface area contributed by atoms with Crippen LogP contribution in [0, 0.1) is 11.3 Å². The predicted molar refractivity (Wildman–Crippen MR) is 45.9 cm³/mol. The van der Waals surface area contributed by atoms with Crippen LogP contribution in [0.25, 0.3) is 0 Å². The number of aromatic nitrogens is 2. The summed E-state index contributed by atoms with van der Waals surface area (Å²) in [4.78, 5) is 0. The van der Waals surface area contributed by atoms with E-state index in [9.17, 15) is 0 Å². The number of anilines is 1. The van der Waals surface area contributed by atoms with Gasteiger partial charge in [0.15, 0.2) is 11.0 Å². The maximum atomic E-state index is 8.65. The third-order valence-corrected chi connectivity index (χ3v) is 1.41. The Hall–Kier alpha value is -1.34. The lowest BCUT2D eigenvalue weighted by Crippen LogP contribution is -2.03. The van der Waals surface area contributed by atoms with Gasteiger partial charge in [0, 0.05) is 6.54 Å². The van der Waals surface area contributed by atoms with Gasteiger partial charge in [0.1, 0.15) is 6.07 Å². The van der Waals surface area contributed by atoms with Crippen LogP contribution in [0.4, 0.5) is 5.82 Å². The van der Waals surface area contributed by atoms with Crippen LogP contribution in [-0.4, -0.2) is 16.7 Å². The van der Waals surface area contributed by atoms with Crippen molar-refractivity contribution in [3.8, 4) is 6.07 Å². The third kappa shape index (κ3) is 1.83. The third-order valence-electron chi connectivity index (χ3n) is 1.23. The summed E-state index contributed by atoms with van der Waals surface area (Å²) in [7, 11) is 0. The highest BCUT2D eigenvalue weighted by Gasteiger charge is 2.03. The molecule has 1 rings (SSSR count). The second kappa shape index (κ2) is 3.88. The number of halogens is 1. The molecule has 0 aliphatic carbocycles. The maximum absolute atomic E-state index is 8.65. The maximum Gasteiger partial charge on any atom is 0.166 e. The second-order valence-electron chi connectivity index (χ2n) is 2.07. The van der Waals surface area contributed by atoms with E-state index in [-0.39, 0.29) is 5.15 Å². The molecule has 0 atom stereocenters. The Morgan fingerprint density at radius 2 is 2.42 bits per heavy atom. The molecule has 0 aromatic carbocycles. The van der Waals surface area contributed by atoms with Crippen molar-refractivity contribution >= 4 is 17.4 Å². The highest BCUT2D eigenvalue weighted by Crippen LogP contribution is 2.13. The molecular weight excluding hydrogens is 176 g/mol. The number of nitriles is 1. The molecule has 0 aliphatic heterocycles. The largest absolute Gasteiger partial charge is 0.368 e. The highest BCUT2D eigenvalue weighted by molar-refractivity contribution is 6.29. The van der Waals surface area contributed by atoms with E-state index < -0.39 is 0 Å². The molecule has 0 amide bonds. The van der Waals surface area contributed by atoms with E-state index in [1.807, 2.05) is 13.0 Å². The Morgan fingerprint density at radius 1 is 1.67 bits per heavy atom. The normalized spacial score (nSPS) is 9.08. The topological polar surface area (TPSA) is 61.6 Å². The number of rotatable bonds is 2. The van der Waals surface area contributed by atoms with Gasteiger partial charge in [-0.1, -0.05) is 11.6 Å². The van der Waals surface area contributed by atoms with Gasteiger partial charge >= 0.3 is 0 Å². The van der Waals surface area contributed by atoms with E-state index in [2.05, 4.69) is 15.5 Å². The van der Waals surface area contributed by atoms with Crippen LogP contribution in [-0.2, 0) is 0 Å². The van der Waals surface area contributed by atoms with Crippen LogP contribution in [0.3, 0.4) is 0 Å². The number of nitrogens with zero attached hydrogens (tertiary/aromatic N) is 3. The standard InChI is InChI=1S/C7H7ClN4/c1-2-10-7-5(4-9)3-6(8)11-12-7/h3H,2H2,1H3,(H,10,12). The zero-order chi connectivity index (χ0) is 8.97. The van der Waals surface area contributed by atoms with Gasteiger partial charge in [-0.3, -0.25) is 0 Å². The number of hydrogen-bond acceptors (Lipinski definition) is 4. The van der Waals surface area contributed by atoms with Gasteiger partial charge < -0.3 is 5.32 Å². The summed E-state index contributed by atoms with van der Waals surface area (Å²) < 4.78 is 0. The number of nitrogens with one attached hydrogen (secondary N) is 1. The highest BCUT2D eigenvalue weighted by atomic mass is 35.5. The van der Waals surface area contributed by atoms with Gasteiger partial charge in [-0.25, -0.2) is 0 Å². The summed E-state index contributed by atoms with van der Waals surface area (Å²) in [6.45, 7) is 2.61. The number of hydrogen-bond donors (Lipinski definition) is 1. The van der Waals surface area contributed by atoms with Crippen molar-refractivity contribution in [1.82, 2.24) is 10.2 Å². The molecule has 0 unspecified atom stereocenters. The van der Waals surface area contributed by atoms with Crippen molar-refractivity contribution in [3.63, 3.8) is 0 Å². The Kier molecular flexibility index (Phi) is 2.83. The minimum absolute atomic E-state index is 0.230. The van der Waals surface area contributed by atoms with E-state index in [4.69, 9.17) is 16.9 Å². The first-order valence-electron chi connectivity index (χ1n) is 3.45. The molecule has 1 aromatic rings. The molecule has 5 heteroatoms. The first kappa shape index (κ1) is 8.75. The lowest BCUT2D eigenvalue weighted by molar-refractivity contribution is 1.01. The Morgan fingerprint density at radius 3 is 3.00 bits per heavy atom. The van der Waals surface area contributed by atoms with Crippen LogP contribution in [0.1, 0.15) is 12.5 Å². The summed E-state index contributed by atoms with van der Waals surface area (Å²) in [5, 5.41) is 19.1. The Labute approximate surface area is 75.2 Å². The average Bonchev–Trinajstić information content (AvgIpc) is 2.08. The monoisotopic (exact) mass is 182 g/mol. The smallest absolute Gasteiger partial charge is 0.166 e. The van der Waals surface area contributed by atoms with Gasteiger partial charge in [-0.15, -0.1) is 10.2 Å². The van der Waals surface area contributed by atoms with Crippen molar-refractivity contribution < 1.29 is 0 Å². The molecule has 0 spiro atoms. The second-order valence-corrected chi connectivity index (χ2v) is 2.46. The van der Waals surface area contributed by atoms with E-state index in [1.165, 1.54) is 6.07 Å². The molecule has 4 nitrogen and oxygen atoms in total. The van der Waals surface area contributed by atoms with Crippen LogP contribution in [0.15, 0.2) is 6.07 Å². The molecule has 12 heavy (non-hydrogen) atoms. The quantitative estimate of drug-likeness (QED) is 0.752. The van der Waals surface area contributed by atoms with Gasteiger partial charge in [0.05, 0.1) is 5.56 Å². The summed E-state index contributed by atoms with van der Waals surface area (Å²) in [5.74, 6) is 0.476. The van der Waals surface area contributed by atoms with Crippen molar-refractivity contribution in [3.05, 3.63) is 16.8 Å². The lowest BCUT2D eigenvalue weighted by Gasteiger charge is -2.01. The van der Waals surface area contributed by atoms with Gasteiger partial charge in [-0.05, 0) is 13.0 Å². The first-order valence-corrected chi connectivity index (χ1v) is 3.83. The fourth-order valence-corrected chi connectivity index (χ4v) is 0.898. The Balaban J connectivity index is 3.05. The average molecular weight is 183 g/mol. The van der Waals surface area contributed by atoms with Crippen molar-refractivity contribution in [1.29, 1.82) is 5.26 Å². The van der Waals surface area contributed by atoms with Crippen LogP contribution >= 0.6 is 11.6 Å². The minimum atomic E-state index is 0.230. The fourth-order valence-electron chi connectivity index (χ4n) is 0.751. The Bertz CT molecular complexity index is 318. The zero-order valence-corrected chi connectivity index (χ0v) is 7.26. The van der Waals surface area contributed by atoms with E-state index >= 15 is 0 Å². The van der Waals surface area contributed by atoms with Crippen LogP contribution in [0.2, 0.25) is 5.15 Å². The molecule has 0 saturated heterocycles. The first-order chi connectivity index (χ1) is 5.77. The van der Waals surface area contributed by atoms with Crippen LogP contribution < -0.4 is 5.32 Å². The summed E-state index contributed by atoms with van der Waals surface area (Å²) in [6.07, 6.45) is 0. The summed E-state index contributed by atoms with van der Waals surface area (Å²) in [6, 6.07) is 3.45. The molecule has 0 aliphatic rings. The van der Waals surface area contributed by atoms with E-state index in [0.717, 1.165) is 0 Å². The predicted octanol–water partition coefficient (Wildman–Crippen LogP) is 1.43. The SMILES string of the molecule is CCNc1nnc(Cl)cc1C#N. The molecule has 1 aromatic heterocycles. The molecule has 0 radical (unpaired) electrons. The molecule has 62 valence electrons. The zero-order valence-electron chi connectivity index (χ0n) is 6.50. The van der Waals surface area contributed by atoms with Crippen LogP contribution in [0.5, 0.6) is 0 Å². The van der Waals surface area contributed by atoms with Gasteiger partial charge in [-0.2, -0.15) is 5.26 Å².